The van der Waals surface area contributed by atoms with Gasteiger partial charge in [-0.3, -0.25) is 4.79 Å². The van der Waals surface area contributed by atoms with Gasteiger partial charge in [-0.05, 0) is 37.1 Å². The lowest BCUT2D eigenvalue weighted by molar-refractivity contribution is -0.0590. The van der Waals surface area contributed by atoms with Crippen LogP contribution in [-0.4, -0.2) is 57.8 Å². The molecule has 0 radical (unpaired) electrons. The average Bonchev–Trinajstić information content (AvgIpc) is 2.78. The van der Waals surface area contributed by atoms with Crippen molar-refractivity contribution in [1.29, 1.82) is 0 Å². The highest BCUT2D eigenvalue weighted by Crippen LogP contribution is 2.22. The van der Waals surface area contributed by atoms with E-state index in [0.717, 1.165) is 16.5 Å². The first-order chi connectivity index (χ1) is 14.7. The summed E-state index contributed by atoms with van der Waals surface area (Å²) in [6, 6.07) is 14.6. The molecule has 1 amide bonds. The van der Waals surface area contributed by atoms with E-state index in [0.29, 0.717) is 37.8 Å². The normalized spacial score (nSPS) is 18.9. The Morgan fingerprint density at radius 2 is 2.13 bits per heavy atom. The Bertz CT molecular complexity index is 1030. The lowest BCUT2D eigenvalue weighted by atomic mass is 10.0. The molecular weight excluding hydrogens is 382 g/mol. The molecule has 0 bridgehead atoms. The minimum absolute atomic E-state index is 0.208. The van der Waals surface area contributed by atoms with E-state index in [1.807, 2.05) is 49.4 Å². The van der Waals surface area contributed by atoms with Gasteiger partial charge in [0.25, 0.3) is 5.91 Å². The van der Waals surface area contributed by atoms with E-state index in [1.54, 1.807) is 17.2 Å². The molecule has 2 aromatic heterocycles. The van der Waals surface area contributed by atoms with Crippen molar-refractivity contribution in [3.8, 4) is 5.88 Å². The molecule has 3 heterocycles. The van der Waals surface area contributed by atoms with E-state index in [2.05, 4.69) is 9.97 Å². The highest BCUT2D eigenvalue weighted by Gasteiger charge is 2.33. The van der Waals surface area contributed by atoms with Crippen molar-refractivity contribution in [3.63, 3.8) is 0 Å². The SMILES string of the molecule is CCOc1cc(CN(C(=O)c2ccc3ccccc3n2)[C@H]2CCOC[C@@H]2O)ccn1. The van der Waals surface area contributed by atoms with Gasteiger partial charge in [0.15, 0.2) is 0 Å². The molecule has 1 aliphatic heterocycles. The fourth-order valence-electron chi connectivity index (χ4n) is 3.72. The average molecular weight is 407 g/mol. The molecule has 4 rings (SSSR count). The van der Waals surface area contributed by atoms with Crippen LogP contribution < -0.4 is 4.74 Å². The summed E-state index contributed by atoms with van der Waals surface area (Å²) >= 11 is 0. The van der Waals surface area contributed by atoms with Crippen LogP contribution in [0.1, 0.15) is 29.4 Å². The number of aliphatic hydroxyl groups excluding tert-OH is 1. The highest BCUT2D eigenvalue weighted by molar-refractivity contribution is 5.95. The van der Waals surface area contributed by atoms with Crippen LogP contribution in [-0.2, 0) is 11.3 Å². The largest absolute Gasteiger partial charge is 0.478 e. The van der Waals surface area contributed by atoms with Crippen LogP contribution in [0.4, 0.5) is 0 Å². The van der Waals surface area contributed by atoms with Crippen molar-refractivity contribution in [2.45, 2.75) is 32.0 Å². The van der Waals surface area contributed by atoms with Gasteiger partial charge >= 0.3 is 0 Å². The van der Waals surface area contributed by atoms with E-state index < -0.39 is 6.10 Å². The molecule has 0 spiro atoms. The molecule has 1 fully saturated rings. The lowest BCUT2D eigenvalue weighted by Crippen LogP contribution is -2.51. The number of aromatic nitrogens is 2. The maximum Gasteiger partial charge on any atom is 0.273 e. The first-order valence-corrected chi connectivity index (χ1v) is 10.2. The second-order valence-electron chi connectivity index (χ2n) is 7.26. The van der Waals surface area contributed by atoms with Gasteiger partial charge in [-0.15, -0.1) is 0 Å². The first kappa shape index (κ1) is 20.3. The number of carbonyl (C=O) groups is 1. The van der Waals surface area contributed by atoms with Crippen molar-refractivity contribution >= 4 is 16.8 Å². The summed E-state index contributed by atoms with van der Waals surface area (Å²) < 4.78 is 10.9. The number of amides is 1. The molecule has 7 nitrogen and oxygen atoms in total. The third-order valence-electron chi connectivity index (χ3n) is 5.21. The predicted octanol–water partition coefficient (Wildman–Crippen LogP) is 2.82. The molecule has 2 atom stereocenters. The standard InChI is InChI=1S/C23H25N3O4/c1-2-30-22-13-16(9-11-24-22)14-26(20-10-12-29-15-21(20)27)23(28)19-8-7-17-5-3-4-6-18(17)25-19/h3-9,11,13,20-21,27H,2,10,12,14-15H2,1H3/t20-,21-/m0/s1. The molecule has 156 valence electrons. The number of ether oxygens (including phenoxy) is 2. The smallest absolute Gasteiger partial charge is 0.273 e. The van der Waals surface area contributed by atoms with Crippen LogP contribution in [0.25, 0.3) is 10.9 Å². The molecule has 3 aromatic rings. The van der Waals surface area contributed by atoms with Gasteiger partial charge in [0.2, 0.25) is 5.88 Å². The van der Waals surface area contributed by atoms with E-state index in [1.165, 1.54) is 0 Å². The van der Waals surface area contributed by atoms with Gasteiger partial charge in [-0.25, -0.2) is 9.97 Å². The molecule has 0 saturated carbocycles. The zero-order valence-corrected chi connectivity index (χ0v) is 16.9. The number of hydrogen-bond acceptors (Lipinski definition) is 6. The minimum Gasteiger partial charge on any atom is -0.478 e. The number of benzene rings is 1. The maximum absolute atomic E-state index is 13.5. The number of carbonyl (C=O) groups excluding carboxylic acids is 1. The Morgan fingerprint density at radius 3 is 2.97 bits per heavy atom. The Hall–Kier alpha value is -3.03. The Kier molecular flexibility index (Phi) is 6.21. The summed E-state index contributed by atoms with van der Waals surface area (Å²) in [6.07, 6.45) is 1.47. The molecule has 1 aliphatic rings. The van der Waals surface area contributed by atoms with Crippen LogP contribution in [0.5, 0.6) is 5.88 Å². The van der Waals surface area contributed by atoms with Crippen molar-refractivity contribution in [2.24, 2.45) is 0 Å². The number of fused-ring (bicyclic) bond motifs is 1. The number of pyridine rings is 2. The molecule has 1 N–H and O–H groups in total. The predicted molar refractivity (Wildman–Crippen MR) is 112 cm³/mol. The van der Waals surface area contributed by atoms with Crippen molar-refractivity contribution in [1.82, 2.24) is 14.9 Å². The summed E-state index contributed by atoms with van der Waals surface area (Å²) in [6.45, 7) is 3.43. The van der Waals surface area contributed by atoms with Crippen molar-refractivity contribution in [3.05, 3.63) is 66.0 Å². The van der Waals surface area contributed by atoms with Gasteiger partial charge in [0.05, 0.1) is 30.9 Å². The van der Waals surface area contributed by atoms with E-state index in [4.69, 9.17) is 9.47 Å². The summed E-state index contributed by atoms with van der Waals surface area (Å²) in [4.78, 5) is 24.0. The van der Waals surface area contributed by atoms with Crippen LogP contribution in [0.3, 0.4) is 0 Å². The Balaban J connectivity index is 1.66. The second kappa shape index (κ2) is 9.19. The van der Waals surface area contributed by atoms with E-state index in [-0.39, 0.29) is 18.6 Å². The molecule has 7 heteroatoms. The van der Waals surface area contributed by atoms with Crippen LogP contribution >= 0.6 is 0 Å². The molecule has 1 saturated heterocycles. The number of aliphatic hydroxyl groups is 1. The van der Waals surface area contributed by atoms with Crippen molar-refractivity contribution < 1.29 is 19.4 Å². The van der Waals surface area contributed by atoms with Gasteiger partial charge in [0, 0.05) is 30.8 Å². The maximum atomic E-state index is 13.5. The summed E-state index contributed by atoms with van der Waals surface area (Å²) in [5, 5.41) is 11.5. The highest BCUT2D eigenvalue weighted by atomic mass is 16.5. The zero-order valence-electron chi connectivity index (χ0n) is 16.9. The third-order valence-corrected chi connectivity index (χ3v) is 5.21. The molecular formula is C23H25N3O4. The zero-order chi connectivity index (χ0) is 20.9. The fraction of sp³-hybridized carbons (Fsp3) is 0.348. The number of hydrogen-bond donors (Lipinski definition) is 1. The first-order valence-electron chi connectivity index (χ1n) is 10.2. The second-order valence-corrected chi connectivity index (χ2v) is 7.26. The summed E-state index contributed by atoms with van der Waals surface area (Å²) in [5.74, 6) is 0.292. The minimum atomic E-state index is -0.753. The van der Waals surface area contributed by atoms with Gasteiger partial charge in [0.1, 0.15) is 5.69 Å². The van der Waals surface area contributed by atoms with Gasteiger partial charge in [-0.1, -0.05) is 24.3 Å². The third kappa shape index (κ3) is 4.42. The van der Waals surface area contributed by atoms with Gasteiger partial charge in [-0.2, -0.15) is 0 Å². The monoisotopic (exact) mass is 407 g/mol. The van der Waals surface area contributed by atoms with Crippen LogP contribution in [0.2, 0.25) is 0 Å². The van der Waals surface area contributed by atoms with Crippen molar-refractivity contribution in [2.75, 3.05) is 19.8 Å². The quantitative estimate of drug-likeness (QED) is 0.676. The van der Waals surface area contributed by atoms with Crippen LogP contribution in [0, 0.1) is 0 Å². The fourth-order valence-corrected chi connectivity index (χ4v) is 3.72. The molecule has 0 unspecified atom stereocenters. The van der Waals surface area contributed by atoms with E-state index >= 15 is 0 Å². The summed E-state index contributed by atoms with van der Waals surface area (Å²) in [5.41, 5.74) is 1.99. The number of rotatable bonds is 6. The van der Waals surface area contributed by atoms with E-state index in [9.17, 15) is 9.90 Å². The Labute approximate surface area is 175 Å². The molecule has 0 aliphatic carbocycles. The molecule has 1 aromatic carbocycles. The van der Waals surface area contributed by atoms with Gasteiger partial charge < -0.3 is 19.5 Å². The number of nitrogens with zero attached hydrogens (tertiary/aromatic N) is 3. The topological polar surface area (TPSA) is 84.8 Å². The molecule has 30 heavy (non-hydrogen) atoms. The Morgan fingerprint density at radius 1 is 1.27 bits per heavy atom. The summed E-state index contributed by atoms with van der Waals surface area (Å²) in [7, 11) is 0. The number of para-hydroxylation sites is 1. The van der Waals surface area contributed by atoms with Crippen LogP contribution in [0.15, 0.2) is 54.7 Å². The lowest BCUT2D eigenvalue weighted by Gasteiger charge is -2.37.